The van der Waals surface area contributed by atoms with Crippen LogP contribution in [0.15, 0.2) is 24.3 Å². The van der Waals surface area contributed by atoms with Gasteiger partial charge in [0.2, 0.25) is 0 Å². The van der Waals surface area contributed by atoms with Crippen molar-refractivity contribution < 1.29 is 19.4 Å². The minimum atomic E-state index is -0.995. The number of aliphatic carboxylic acids is 1. The molecule has 26 heavy (non-hydrogen) atoms. The number of carbonyl (C=O) groups is 2. The number of hydrogen-bond donors (Lipinski definition) is 1. The minimum absolute atomic E-state index is 0.116. The van der Waals surface area contributed by atoms with Crippen LogP contribution in [0.25, 0.3) is 0 Å². The molecule has 1 fully saturated rings. The van der Waals surface area contributed by atoms with Crippen LogP contribution in [0.1, 0.15) is 50.0 Å². The van der Waals surface area contributed by atoms with Crippen LogP contribution in [-0.2, 0) is 16.1 Å². The van der Waals surface area contributed by atoms with Crippen LogP contribution < -0.4 is 0 Å². The molecule has 0 bridgehead atoms. The Morgan fingerprint density at radius 2 is 1.81 bits per heavy atom. The van der Waals surface area contributed by atoms with E-state index in [0.717, 1.165) is 25.2 Å². The predicted octanol–water partition coefficient (Wildman–Crippen LogP) is 2.62. The van der Waals surface area contributed by atoms with Crippen molar-refractivity contribution in [2.45, 2.75) is 58.9 Å². The van der Waals surface area contributed by atoms with E-state index in [-0.39, 0.29) is 30.7 Å². The highest BCUT2D eigenvalue weighted by Crippen LogP contribution is 2.16. The molecule has 1 aromatic carbocycles. The summed E-state index contributed by atoms with van der Waals surface area (Å²) in [7, 11) is 0. The fraction of sp³-hybridized carbons (Fsp3) is 0.600. The van der Waals surface area contributed by atoms with E-state index in [1.165, 1.54) is 4.90 Å². The highest BCUT2D eigenvalue weighted by molar-refractivity contribution is 5.96. The van der Waals surface area contributed by atoms with Gasteiger partial charge in [0.05, 0.1) is 12.2 Å². The number of hydrogen-bond acceptors (Lipinski definition) is 4. The van der Waals surface area contributed by atoms with E-state index >= 15 is 0 Å². The maximum absolute atomic E-state index is 12.7. The molecule has 0 aliphatic carbocycles. The van der Waals surface area contributed by atoms with Crippen molar-refractivity contribution in [3.05, 3.63) is 35.4 Å². The van der Waals surface area contributed by atoms with Crippen LogP contribution in [0, 0.1) is 0 Å². The molecule has 6 heteroatoms. The fourth-order valence-electron chi connectivity index (χ4n) is 3.38. The quantitative estimate of drug-likeness (QED) is 0.807. The molecule has 0 aromatic heterocycles. The molecule has 1 aromatic rings. The highest BCUT2D eigenvalue weighted by Gasteiger charge is 2.24. The molecule has 1 heterocycles. The van der Waals surface area contributed by atoms with Crippen molar-refractivity contribution in [3.63, 3.8) is 0 Å². The van der Waals surface area contributed by atoms with Gasteiger partial charge < -0.3 is 14.7 Å². The lowest BCUT2D eigenvalue weighted by atomic mass is 10.1. The molecule has 1 aliphatic rings. The van der Waals surface area contributed by atoms with Crippen LogP contribution in [0.2, 0.25) is 0 Å². The summed E-state index contributed by atoms with van der Waals surface area (Å²) in [6.45, 7) is 10.3. The average Bonchev–Trinajstić information content (AvgIpc) is 2.58. The Morgan fingerprint density at radius 1 is 1.23 bits per heavy atom. The summed E-state index contributed by atoms with van der Waals surface area (Å²) in [5.74, 6) is -1.23. The molecule has 0 radical (unpaired) electrons. The minimum Gasteiger partial charge on any atom is -0.480 e. The number of ether oxygens (including phenoxy) is 1. The van der Waals surface area contributed by atoms with Crippen molar-refractivity contribution in [2.75, 3.05) is 19.6 Å². The van der Waals surface area contributed by atoms with E-state index in [9.17, 15) is 9.59 Å². The first kappa shape index (κ1) is 20.4. The third kappa shape index (κ3) is 5.54. The summed E-state index contributed by atoms with van der Waals surface area (Å²) < 4.78 is 5.76. The van der Waals surface area contributed by atoms with E-state index in [1.807, 2.05) is 26.0 Å². The predicted molar refractivity (Wildman–Crippen MR) is 100 cm³/mol. The van der Waals surface area contributed by atoms with Crippen LogP contribution in [0.5, 0.6) is 0 Å². The van der Waals surface area contributed by atoms with E-state index in [1.54, 1.807) is 12.1 Å². The summed E-state index contributed by atoms with van der Waals surface area (Å²) in [4.78, 5) is 27.6. The second kappa shape index (κ2) is 9.14. The second-order valence-corrected chi connectivity index (χ2v) is 7.23. The lowest BCUT2D eigenvalue weighted by molar-refractivity contribution is -0.138. The number of carbonyl (C=O) groups excluding carboxylic acids is 1. The number of rotatable bonds is 7. The number of carboxylic acid groups (broad SMARTS) is 1. The number of carboxylic acids is 1. The third-order valence-electron chi connectivity index (χ3n) is 4.79. The van der Waals surface area contributed by atoms with Gasteiger partial charge in [0.15, 0.2) is 0 Å². The maximum atomic E-state index is 12.7. The van der Waals surface area contributed by atoms with Gasteiger partial charge in [-0.15, -0.1) is 0 Å². The summed E-state index contributed by atoms with van der Waals surface area (Å²) in [6, 6.07) is 7.38. The van der Waals surface area contributed by atoms with E-state index in [4.69, 9.17) is 9.84 Å². The smallest absolute Gasteiger partial charge is 0.323 e. The van der Waals surface area contributed by atoms with E-state index in [0.29, 0.717) is 12.0 Å². The van der Waals surface area contributed by atoms with Crippen LogP contribution >= 0.6 is 0 Å². The largest absolute Gasteiger partial charge is 0.480 e. The zero-order valence-electron chi connectivity index (χ0n) is 16.1. The Bertz CT molecular complexity index is 607. The number of nitrogens with zero attached hydrogens (tertiary/aromatic N) is 2. The van der Waals surface area contributed by atoms with Gasteiger partial charge in [-0.3, -0.25) is 14.5 Å². The molecule has 144 valence electrons. The van der Waals surface area contributed by atoms with Gasteiger partial charge >= 0.3 is 5.97 Å². The zero-order valence-corrected chi connectivity index (χ0v) is 16.1. The van der Waals surface area contributed by atoms with Crippen molar-refractivity contribution in [1.82, 2.24) is 9.80 Å². The Kier molecular flexibility index (Phi) is 7.17. The van der Waals surface area contributed by atoms with Crippen molar-refractivity contribution >= 4 is 11.9 Å². The molecule has 0 spiro atoms. The number of benzene rings is 1. The average molecular weight is 362 g/mol. The first-order valence-corrected chi connectivity index (χ1v) is 9.29. The van der Waals surface area contributed by atoms with Crippen LogP contribution in [0.3, 0.4) is 0 Å². The summed E-state index contributed by atoms with van der Waals surface area (Å²) in [5, 5.41) is 9.08. The first-order valence-electron chi connectivity index (χ1n) is 9.29. The fourth-order valence-corrected chi connectivity index (χ4v) is 3.38. The van der Waals surface area contributed by atoms with E-state index in [2.05, 4.69) is 18.7 Å². The molecule has 2 rings (SSSR count). The Labute approximate surface area is 155 Å². The van der Waals surface area contributed by atoms with Crippen molar-refractivity contribution in [2.24, 2.45) is 0 Å². The zero-order chi connectivity index (χ0) is 19.3. The van der Waals surface area contributed by atoms with Crippen molar-refractivity contribution in [1.29, 1.82) is 0 Å². The SMILES string of the molecule is CCC(C)N(CC(=O)O)C(=O)c1ccc(CN2CC(C)OC(C)C2)cc1. The summed E-state index contributed by atoms with van der Waals surface area (Å²) in [6.07, 6.45) is 1.16. The number of morpholine rings is 1. The molecule has 1 aliphatic heterocycles. The number of amides is 1. The van der Waals surface area contributed by atoms with Gasteiger partial charge in [-0.1, -0.05) is 19.1 Å². The van der Waals surface area contributed by atoms with Gasteiger partial charge in [0.25, 0.3) is 5.91 Å². The van der Waals surface area contributed by atoms with Gasteiger partial charge in [0.1, 0.15) is 6.54 Å². The summed E-state index contributed by atoms with van der Waals surface area (Å²) in [5.41, 5.74) is 1.66. The monoisotopic (exact) mass is 362 g/mol. The molecule has 1 saturated heterocycles. The van der Waals surface area contributed by atoms with Crippen LogP contribution in [-0.4, -0.2) is 64.7 Å². The van der Waals surface area contributed by atoms with Gasteiger partial charge in [0, 0.05) is 31.2 Å². The van der Waals surface area contributed by atoms with Crippen molar-refractivity contribution in [3.8, 4) is 0 Å². The van der Waals surface area contributed by atoms with E-state index < -0.39 is 5.97 Å². The van der Waals surface area contributed by atoms with Gasteiger partial charge in [-0.05, 0) is 44.9 Å². The molecule has 3 unspecified atom stereocenters. The topological polar surface area (TPSA) is 70.1 Å². The molecule has 1 amide bonds. The highest BCUT2D eigenvalue weighted by atomic mass is 16.5. The summed E-state index contributed by atoms with van der Waals surface area (Å²) >= 11 is 0. The molecular weight excluding hydrogens is 332 g/mol. The lowest BCUT2D eigenvalue weighted by Crippen LogP contribution is -2.44. The van der Waals surface area contributed by atoms with Gasteiger partial charge in [-0.25, -0.2) is 0 Å². The van der Waals surface area contributed by atoms with Gasteiger partial charge in [-0.2, -0.15) is 0 Å². The third-order valence-corrected chi connectivity index (χ3v) is 4.79. The molecular formula is C20H30N2O4. The normalized spacial score (nSPS) is 22.0. The maximum Gasteiger partial charge on any atom is 0.323 e. The Balaban J connectivity index is 2.05. The molecule has 0 saturated carbocycles. The Hall–Kier alpha value is -1.92. The standard InChI is InChI=1S/C20H30N2O4/c1-5-14(2)22(13-19(23)24)20(25)18-8-6-17(7-9-18)12-21-10-15(3)26-16(4)11-21/h6-9,14-16H,5,10-13H2,1-4H3,(H,23,24). The Morgan fingerprint density at radius 3 is 2.31 bits per heavy atom. The molecule has 1 N–H and O–H groups in total. The lowest BCUT2D eigenvalue weighted by Gasteiger charge is -2.35. The van der Waals surface area contributed by atoms with Crippen LogP contribution in [0.4, 0.5) is 0 Å². The first-order chi connectivity index (χ1) is 12.3. The second-order valence-electron chi connectivity index (χ2n) is 7.23. The molecule has 3 atom stereocenters. The molecule has 6 nitrogen and oxygen atoms in total.